The third-order valence-corrected chi connectivity index (χ3v) is 6.46. The van der Waals surface area contributed by atoms with Gasteiger partial charge >= 0.3 is 0 Å². The van der Waals surface area contributed by atoms with Gasteiger partial charge in [0.1, 0.15) is 5.01 Å². The van der Waals surface area contributed by atoms with Gasteiger partial charge in [0, 0.05) is 14.9 Å². The average molecular weight is 340 g/mol. The van der Waals surface area contributed by atoms with Crippen LogP contribution in [0.5, 0.6) is 0 Å². The van der Waals surface area contributed by atoms with Gasteiger partial charge in [-0.1, -0.05) is 34.1 Å². The van der Waals surface area contributed by atoms with E-state index in [4.69, 9.17) is 4.98 Å². The summed E-state index contributed by atoms with van der Waals surface area (Å²) in [7, 11) is 0. The van der Waals surface area contributed by atoms with Crippen molar-refractivity contribution in [3.8, 4) is 11.3 Å². The van der Waals surface area contributed by atoms with Crippen molar-refractivity contribution in [2.24, 2.45) is 0 Å². The van der Waals surface area contributed by atoms with Gasteiger partial charge in [-0.15, -0.1) is 11.3 Å². The largest absolute Gasteiger partial charge is 0.240 e. The molecule has 0 aliphatic carbocycles. The predicted molar refractivity (Wildman–Crippen MR) is 84.4 cm³/mol. The molecule has 1 aromatic carbocycles. The molecule has 1 nitrogen and oxygen atoms in total. The van der Waals surface area contributed by atoms with Crippen molar-refractivity contribution in [2.45, 2.75) is 25.0 Å². The van der Waals surface area contributed by atoms with Crippen LogP contribution in [0.1, 0.15) is 28.0 Å². The molecule has 0 N–H and O–H groups in total. The molecule has 94 valence electrons. The van der Waals surface area contributed by atoms with Crippen LogP contribution in [-0.2, 0) is 0 Å². The zero-order valence-corrected chi connectivity index (χ0v) is 13.4. The highest BCUT2D eigenvalue weighted by Crippen LogP contribution is 2.44. The Morgan fingerprint density at radius 3 is 2.89 bits per heavy atom. The molecule has 1 saturated heterocycles. The number of nitrogens with zero attached hydrogens (tertiary/aromatic N) is 1. The molecule has 3 rings (SSSR count). The molecule has 1 atom stereocenters. The first-order valence-corrected chi connectivity index (χ1v) is 8.75. The standard InChI is InChI=1S/C14H14BrNS2/c1-9-13(10-5-2-3-6-11(10)15)16-14(18-9)12-7-4-8-17-12/h2-3,5-6,12H,4,7-8H2,1H3. The van der Waals surface area contributed by atoms with E-state index in [9.17, 15) is 0 Å². The number of halogens is 1. The Bertz CT molecular complexity index is 559. The van der Waals surface area contributed by atoms with E-state index in [1.807, 2.05) is 17.4 Å². The van der Waals surface area contributed by atoms with Crippen LogP contribution in [0.3, 0.4) is 0 Å². The minimum Gasteiger partial charge on any atom is -0.240 e. The maximum absolute atomic E-state index is 4.89. The lowest BCUT2D eigenvalue weighted by molar-refractivity contribution is 0.823. The van der Waals surface area contributed by atoms with Crippen LogP contribution >= 0.6 is 39.0 Å². The minimum absolute atomic E-state index is 0.630. The van der Waals surface area contributed by atoms with E-state index < -0.39 is 0 Å². The molecule has 2 aromatic rings. The number of hydrogen-bond acceptors (Lipinski definition) is 3. The van der Waals surface area contributed by atoms with Gasteiger partial charge in [-0.3, -0.25) is 0 Å². The van der Waals surface area contributed by atoms with Crippen LogP contribution < -0.4 is 0 Å². The van der Waals surface area contributed by atoms with Crippen molar-refractivity contribution >= 4 is 39.0 Å². The highest BCUT2D eigenvalue weighted by Gasteiger charge is 2.22. The normalized spacial score (nSPS) is 19.3. The van der Waals surface area contributed by atoms with Crippen molar-refractivity contribution in [1.29, 1.82) is 0 Å². The van der Waals surface area contributed by atoms with Crippen LogP contribution in [0, 0.1) is 6.92 Å². The number of hydrogen-bond donors (Lipinski definition) is 0. The van der Waals surface area contributed by atoms with Crippen LogP contribution in [-0.4, -0.2) is 10.7 Å². The molecule has 0 radical (unpaired) electrons. The molecule has 4 heteroatoms. The molecule has 1 fully saturated rings. The Labute approximate surface area is 124 Å². The van der Waals surface area contributed by atoms with Crippen molar-refractivity contribution in [3.63, 3.8) is 0 Å². The van der Waals surface area contributed by atoms with Gasteiger partial charge in [0.2, 0.25) is 0 Å². The van der Waals surface area contributed by atoms with E-state index in [0.29, 0.717) is 5.25 Å². The fourth-order valence-corrected chi connectivity index (χ4v) is 5.15. The summed E-state index contributed by atoms with van der Waals surface area (Å²) in [5, 5.41) is 1.94. The smallest absolute Gasteiger partial charge is 0.107 e. The number of thioether (sulfide) groups is 1. The Morgan fingerprint density at radius 1 is 1.33 bits per heavy atom. The SMILES string of the molecule is Cc1sc(C2CCCS2)nc1-c1ccccc1Br. The summed E-state index contributed by atoms with van der Waals surface area (Å²) < 4.78 is 1.13. The second kappa shape index (κ2) is 5.35. The maximum atomic E-state index is 4.89. The molecule has 0 spiro atoms. The summed E-state index contributed by atoms with van der Waals surface area (Å²) in [5.41, 5.74) is 2.36. The zero-order valence-electron chi connectivity index (χ0n) is 10.1. The molecular weight excluding hydrogens is 326 g/mol. The monoisotopic (exact) mass is 339 g/mol. The van der Waals surface area contributed by atoms with Gasteiger partial charge in [-0.2, -0.15) is 11.8 Å². The topological polar surface area (TPSA) is 12.9 Å². The summed E-state index contributed by atoms with van der Waals surface area (Å²) in [6, 6.07) is 8.34. The number of thiazole rings is 1. The van der Waals surface area contributed by atoms with Gasteiger partial charge in [0.15, 0.2) is 0 Å². The van der Waals surface area contributed by atoms with Gasteiger partial charge in [-0.05, 0) is 31.6 Å². The molecule has 1 aliphatic rings. The first-order chi connectivity index (χ1) is 8.75. The van der Waals surface area contributed by atoms with Crippen molar-refractivity contribution in [1.82, 2.24) is 4.98 Å². The van der Waals surface area contributed by atoms with E-state index in [2.05, 4.69) is 52.8 Å². The van der Waals surface area contributed by atoms with E-state index in [1.54, 1.807) is 0 Å². The average Bonchev–Trinajstić information content (AvgIpc) is 2.99. The Kier molecular flexibility index (Phi) is 3.78. The molecule has 0 saturated carbocycles. The highest BCUT2D eigenvalue weighted by molar-refractivity contribution is 9.10. The number of benzene rings is 1. The molecule has 0 amide bonds. The van der Waals surface area contributed by atoms with Crippen LogP contribution in [0.15, 0.2) is 28.7 Å². The van der Waals surface area contributed by atoms with E-state index in [1.165, 1.54) is 34.0 Å². The molecule has 1 unspecified atom stereocenters. The van der Waals surface area contributed by atoms with Gasteiger partial charge in [0.25, 0.3) is 0 Å². The van der Waals surface area contributed by atoms with Crippen LogP contribution in [0.25, 0.3) is 11.3 Å². The Morgan fingerprint density at radius 2 is 2.17 bits per heavy atom. The van der Waals surface area contributed by atoms with Crippen LogP contribution in [0.2, 0.25) is 0 Å². The number of rotatable bonds is 2. The van der Waals surface area contributed by atoms with E-state index in [-0.39, 0.29) is 0 Å². The lowest BCUT2D eigenvalue weighted by atomic mass is 10.1. The van der Waals surface area contributed by atoms with Crippen molar-refractivity contribution in [3.05, 3.63) is 38.6 Å². The summed E-state index contributed by atoms with van der Waals surface area (Å²) in [6.07, 6.45) is 2.62. The molecule has 1 aliphatic heterocycles. The summed E-state index contributed by atoms with van der Waals surface area (Å²) >= 11 is 7.53. The predicted octanol–water partition coefficient (Wildman–Crippen LogP) is 5.45. The van der Waals surface area contributed by atoms with Gasteiger partial charge in [0.05, 0.1) is 10.9 Å². The third-order valence-electron chi connectivity index (χ3n) is 3.15. The Hall–Kier alpha value is -0.320. The Balaban J connectivity index is 2.00. The lowest BCUT2D eigenvalue weighted by Crippen LogP contribution is -1.88. The molecular formula is C14H14BrNS2. The summed E-state index contributed by atoms with van der Waals surface area (Å²) in [4.78, 5) is 6.21. The maximum Gasteiger partial charge on any atom is 0.107 e. The fourth-order valence-electron chi connectivity index (χ4n) is 2.23. The third kappa shape index (κ3) is 2.38. The lowest BCUT2D eigenvalue weighted by Gasteiger charge is -2.03. The minimum atomic E-state index is 0.630. The van der Waals surface area contributed by atoms with Gasteiger partial charge < -0.3 is 0 Å². The summed E-state index contributed by atoms with van der Waals surface area (Å²) in [6.45, 7) is 2.18. The first kappa shape index (κ1) is 12.7. The first-order valence-electron chi connectivity index (χ1n) is 6.09. The summed E-state index contributed by atoms with van der Waals surface area (Å²) in [5.74, 6) is 1.29. The van der Waals surface area contributed by atoms with Crippen molar-refractivity contribution < 1.29 is 0 Å². The van der Waals surface area contributed by atoms with Crippen molar-refractivity contribution in [2.75, 3.05) is 5.75 Å². The number of aromatic nitrogens is 1. The van der Waals surface area contributed by atoms with Gasteiger partial charge in [-0.25, -0.2) is 4.98 Å². The quantitative estimate of drug-likeness (QED) is 0.721. The highest BCUT2D eigenvalue weighted by atomic mass is 79.9. The molecule has 2 heterocycles. The zero-order chi connectivity index (χ0) is 12.5. The molecule has 18 heavy (non-hydrogen) atoms. The van der Waals surface area contributed by atoms with E-state index >= 15 is 0 Å². The number of aryl methyl sites for hydroxylation is 1. The van der Waals surface area contributed by atoms with Crippen LogP contribution in [0.4, 0.5) is 0 Å². The second-order valence-electron chi connectivity index (χ2n) is 4.44. The fraction of sp³-hybridized carbons (Fsp3) is 0.357. The second-order valence-corrected chi connectivity index (χ2v) is 7.84. The molecule has 1 aromatic heterocycles. The molecule has 0 bridgehead atoms. The van der Waals surface area contributed by atoms with E-state index in [0.717, 1.165) is 10.2 Å².